The molecule has 0 aliphatic carbocycles. The molecular formula is C20H19F3N2O3S. The molecule has 1 aromatic carbocycles. The Hall–Kier alpha value is -2.52. The van der Waals surface area contributed by atoms with Gasteiger partial charge in [-0.1, -0.05) is 36.5 Å². The van der Waals surface area contributed by atoms with Crippen LogP contribution < -0.4 is 10.1 Å². The minimum atomic E-state index is -4.43. The van der Waals surface area contributed by atoms with Gasteiger partial charge in [-0.15, -0.1) is 0 Å². The lowest BCUT2D eigenvalue weighted by Gasteiger charge is -2.36. The van der Waals surface area contributed by atoms with Crippen molar-refractivity contribution >= 4 is 23.0 Å². The molecule has 1 atom stereocenters. The number of morpholine rings is 1. The maximum Gasteiger partial charge on any atom is 0.422 e. The van der Waals surface area contributed by atoms with Crippen LogP contribution in [0, 0.1) is 0 Å². The normalized spacial score (nSPS) is 19.5. The number of Topliss-reactive ketones (excluding diaryl/α,β-unsaturated/α-hetero) is 1. The fourth-order valence-corrected chi connectivity index (χ4v) is 3.29. The van der Waals surface area contributed by atoms with Gasteiger partial charge in [-0.2, -0.15) is 13.2 Å². The van der Waals surface area contributed by atoms with Gasteiger partial charge in [-0.25, -0.2) is 4.98 Å². The van der Waals surface area contributed by atoms with Gasteiger partial charge in [0.2, 0.25) is 0 Å². The Labute approximate surface area is 171 Å². The van der Waals surface area contributed by atoms with Crippen molar-refractivity contribution in [2.24, 2.45) is 0 Å². The second-order valence-corrected chi connectivity index (χ2v) is 7.45. The molecule has 1 aromatic heterocycles. The Bertz CT molecular complexity index is 903. The van der Waals surface area contributed by atoms with E-state index in [1.54, 1.807) is 0 Å². The van der Waals surface area contributed by atoms with Crippen molar-refractivity contribution in [1.29, 1.82) is 0 Å². The number of carbonyl (C=O) groups is 1. The van der Waals surface area contributed by atoms with Crippen molar-refractivity contribution in [2.45, 2.75) is 25.1 Å². The van der Waals surface area contributed by atoms with Crippen molar-refractivity contribution in [2.75, 3.05) is 19.8 Å². The molecule has 0 spiro atoms. The molecule has 2 aromatic rings. The quantitative estimate of drug-likeness (QED) is 0.565. The molecule has 0 radical (unpaired) electrons. The maximum absolute atomic E-state index is 12.5. The summed E-state index contributed by atoms with van der Waals surface area (Å²) in [6.07, 6.45) is -3.22. The molecule has 1 unspecified atom stereocenters. The predicted molar refractivity (Wildman–Crippen MR) is 104 cm³/mol. The van der Waals surface area contributed by atoms with E-state index in [2.05, 4.69) is 15.0 Å². The Balaban J connectivity index is 1.67. The van der Waals surface area contributed by atoms with E-state index < -0.39 is 18.3 Å². The topological polar surface area (TPSA) is 60.5 Å². The predicted octanol–water partition coefficient (Wildman–Crippen LogP) is 3.61. The van der Waals surface area contributed by atoms with Gasteiger partial charge in [0, 0.05) is 6.42 Å². The molecule has 1 aliphatic rings. The van der Waals surface area contributed by atoms with Crippen molar-refractivity contribution in [3.05, 3.63) is 59.4 Å². The van der Waals surface area contributed by atoms with Gasteiger partial charge in [0.1, 0.15) is 16.4 Å². The fourth-order valence-electron chi connectivity index (χ4n) is 2.98. The van der Waals surface area contributed by atoms with Crippen LogP contribution in [0.15, 0.2) is 42.6 Å². The number of ketones is 1. The molecule has 1 saturated heterocycles. The number of nitrogens with zero attached hydrogens (tertiary/aromatic N) is 1. The zero-order chi connectivity index (χ0) is 21.1. The summed E-state index contributed by atoms with van der Waals surface area (Å²) in [7, 11) is 0. The molecule has 1 fully saturated rings. The van der Waals surface area contributed by atoms with Crippen LogP contribution in [0.25, 0.3) is 0 Å². The van der Waals surface area contributed by atoms with E-state index in [0.717, 1.165) is 17.3 Å². The van der Waals surface area contributed by atoms with Gasteiger partial charge in [-0.05, 0) is 30.2 Å². The van der Waals surface area contributed by atoms with Crippen molar-refractivity contribution in [3.63, 3.8) is 0 Å². The second-order valence-electron chi connectivity index (χ2n) is 6.96. The van der Waals surface area contributed by atoms with Gasteiger partial charge in [0.25, 0.3) is 0 Å². The summed E-state index contributed by atoms with van der Waals surface area (Å²) in [5, 5.41) is 3.27. The number of hydrogen-bond acceptors (Lipinski definition) is 5. The number of nitrogens with one attached hydrogen (secondary N) is 1. The lowest BCUT2D eigenvalue weighted by atomic mass is 9.90. The third-order valence-corrected chi connectivity index (χ3v) is 4.61. The van der Waals surface area contributed by atoms with Crippen LogP contribution in [0.1, 0.15) is 28.5 Å². The number of carbonyl (C=O) groups excluding carboxylic acids is 1. The zero-order valence-corrected chi connectivity index (χ0v) is 16.4. The Morgan fingerprint density at radius 1 is 1.34 bits per heavy atom. The molecular weight excluding hydrogens is 405 g/mol. The van der Waals surface area contributed by atoms with Crippen LogP contribution in [0.3, 0.4) is 0 Å². The molecule has 2 heterocycles. The van der Waals surface area contributed by atoms with Crippen LogP contribution >= 0.6 is 12.2 Å². The number of alkyl halides is 3. The van der Waals surface area contributed by atoms with Gasteiger partial charge < -0.3 is 14.8 Å². The molecule has 154 valence electrons. The standard InChI is InChI=1S/C20H19F3N2O3S/c1-19(11-27-10-18(29)25-19)14-4-2-3-13(7-14)8-17(26)16-6-5-15(9-24-16)28-12-20(21,22)23/h2-7,9H,8,10-12H2,1H3,(H,25,29). The third kappa shape index (κ3) is 5.74. The van der Waals surface area contributed by atoms with Crippen LogP contribution in [0.2, 0.25) is 0 Å². The monoisotopic (exact) mass is 424 g/mol. The highest BCUT2D eigenvalue weighted by molar-refractivity contribution is 7.80. The van der Waals surface area contributed by atoms with Crippen molar-refractivity contribution in [3.8, 4) is 5.75 Å². The summed E-state index contributed by atoms with van der Waals surface area (Å²) in [4.78, 5) is 17.1. The molecule has 0 bridgehead atoms. The first kappa shape index (κ1) is 21.2. The summed E-state index contributed by atoms with van der Waals surface area (Å²) < 4.78 is 46.7. The highest BCUT2D eigenvalue weighted by atomic mass is 32.1. The van der Waals surface area contributed by atoms with Gasteiger partial charge >= 0.3 is 6.18 Å². The Morgan fingerprint density at radius 3 is 2.79 bits per heavy atom. The van der Waals surface area contributed by atoms with E-state index >= 15 is 0 Å². The van der Waals surface area contributed by atoms with E-state index in [9.17, 15) is 18.0 Å². The van der Waals surface area contributed by atoms with Crippen LogP contribution in [-0.4, -0.2) is 41.8 Å². The maximum atomic E-state index is 12.5. The molecule has 0 amide bonds. The lowest BCUT2D eigenvalue weighted by Crippen LogP contribution is -2.52. The van der Waals surface area contributed by atoms with Crippen molar-refractivity contribution < 1.29 is 27.4 Å². The second kappa shape index (κ2) is 8.46. The average molecular weight is 424 g/mol. The number of thiocarbonyl (C=S) groups is 1. The zero-order valence-electron chi connectivity index (χ0n) is 15.6. The summed E-state index contributed by atoms with van der Waals surface area (Å²) in [6, 6.07) is 10.2. The Morgan fingerprint density at radius 2 is 2.14 bits per heavy atom. The average Bonchev–Trinajstić information content (AvgIpc) is 2.66. The van der Waals surface area contributed by atoms with E-state index in [1.165, 1.54) is 12.1 Å². The van der Waals surface area contributed by atoms with E-state index in [4.69, 9.17) is 17.0 Å². The number of hydrogen-bond donors (Lipinski definition) is 1. The lowest BCUT2D eigenvalue weighted by molar-refractivity contribution is -0.153. The summed E-state index contributed by atoms with van der Waals surface area (Å²) in [5.74, 6) is -0.300. The summed E-state index contributed by atoms with van der Waals surface area (Å²) in [5.41, 5.74) is 1.39. The fraction of sp³-hybridized carbons (Fsp3) is 0.350. The van der Waals surface area contributed by atoms with Gasteiger partial charge in [0.05, 0.1) is 24.9 Å². The summed E-state index contributed by atoms with van der Waals surface area (Å²) in [6.45, 7) is 1.40. The molecule has 3 rings (SSSR count). The van der Waals surface area contributed by atoms with Crippen molar-refractivity contribution in [1.82, 2.24) is 10.3 Å². The van der Waals surface area contributed by atoms with E-state index in [0.29, 0.717) is 18.2 Å². The van der Waals surface area contributed by atoms with E-state index in [1.807, 2.05) is 31.2 Å². The minimum Gasteiger partial charge on any atom is -0.483 e. The smallest absolute Gasteiger partial charge is 0.422 e. The summed E-state index contributed by atoms with van der Waals surface area (Å²) >= 11 is 5.20. The molecule has 5 nitrogen and oxygen atoms in total. The van der Waals surface area contributed by atoms with Crippen LogP contribution in [-0.2, 0) is 16.7 Å². The number of aromatic nitrogens is 1. The SMILES string of the molecule is CC1(c2cccc(CC(=O)c3ccc(OCC(F)(F)F)cn3)c2)COCC(=S)N1. The van der Waals surface area contributed by atoms with Crippen LogP contribution in [0.5, 0.6) is 5.75 Å². The molecule has 9 heteroatoms. The number of benzene rings is 1. The largest absolute Gasteiger partial charge is 0.483 e. The number of ether oxygens (including phenoxy) is 2. The molecule has 1 aliphatic heterocycles. The first-order chi connectivity index (χ1) is 13.6. The molecule has 0 saturated carbocycles. The molecule has 1 N–H and O–H groups in total. The van der Waals surface area contributed by atoms with Crippen LogP contribution in [0.4, 0.5) is 13.2 Å². The highest BCUT2D eigenvalue weighted by Crippen LogP contribution is 2.25. The first-order valence-corrected chi connectivity index (χ1v) is 9.22. The minimum absolute atomic E-state index is 0.0480. The number of rotatable bonds is 6. The Kier molecular flexibility index (Phi) is 6.18. The van der Waals surface area contributed by atoms with Gasteiger partial charge in [0.15, 0.2) is 12.4 Å². The first-order valence-electron chi connectivity index (χ1n) is 8.82. The highest BCUT2D eigenvalue weighted by Gasteiger charge is 2.31. The number of pyridine rings is 1. The molecule has 29 heavy (non-hydrogen) atoms. The number of halogens is 3. The van der Waals surface area contributed by atoms with E-state index in [-0.39, 0.29) is 23.6 Å². The van der Waals surface area contributed by atoms with Gasteiger partial charge in [-0.3, -0.25) is 4.79 Å². The third-order valence-electron chi connectivity index (χ3n) is 4.39.